The van der Waals surface area contributed by atoms with E-state index in [-0.39, 0.29) is 11.3 Å². The molecule has 1 aromatic heterocycles. The van der Waals surface area contributed by atoms with Crippen molar-refractivity contribution in [2.24, 2.45) is 0 Å². The first-order chi connectivity index (χ1) is 11.6. The van der Waals surface area contributed by atoms with Gasteiger partial charge in [-0.15, -0.1) is 0 Å². The summed E-state index contributed by atoms with van der Waals surface area (Å²) < 4.78 is 0. The van der Waals surface area contributed by atoms with Gasteiger partial charge in [0.25, 0.3) is 5.91 Å². The zero-order chi connectivity index (χ0) is 17.1. The number of nitrogens with one attached hydrogen (secondary N) is 2. The van der Waals surface area contributed by atoms with Crippen molar-refractivity contribution in [3.05, 3.63) is 65.4 Å². The Morgan fingerprint density at radius 2 is 1.92 bits per heavy atom. The summed E-state index contributed by atoms with van der Waals surface area (Å²) in [5.74, 6) is -0.383. The summed E-state index contributed by atoms with van der Waals surface area (Å²) in [6, 6.07) is 15.7. The number of nitrogens with zero attached hydrogens (tertiary/aromatic N) is 1. The number of para-hydroxylation sites is 1. The number of H-pyrrole nitrogens is 1. The second-order valence-corrected chi connectivity index (χ2v) is 5.38. The van der Waals surface area contributed by atoms with E-state index < -0.39 is 5.91 Å². The molecule has 0 unspecified atom stereocenters. The largest absolute Gasteiger partial charge is 0.508 e. The topological polar surface area (TPSA) is 88.9 Å². The van der Waals surface area contributed by atoms with Gasteiger partial charge in [-0.2, -0.15) is 5.26 Å². The molecule has 0 saturated heterocycles. The number of aryl methyl sites for hydroxylation is 1. The molecule has 24 heavy (non-hydrogen) atoms. The third-order valence-corrected chi connectivity index (χ3v) is 3.72. The van der Waals surface area contributed by atoms with E-state index in [1.807, 2.05) is 37.3 Å². The summed E-state index contributed by atoms with van der Waals surface area (Å²) in [7, 11) is 0. The number of aromatic nitrogens is 1. The van der Waals surface area contributed by atoms with Crippen LogP contribution in [-0.2, 0) is 4.79 Å². The summed E-state index contributed by atoms with van der Waals surface area (Å²) in [5, 5.41) is 22.2. The quantitative estimate of drug-likeness (QED) is 0.391. The van der Waals surface area contributed by atoms with Crippen LogP contribution < -0.4 is 5.32 Å². The monoisotopic (exact) mass is 317 g/mol. The number of phenols is 1. The van der Waals surface area contributed by atoms with E-state index in [1.54, 1.807) is 18.2 Å². The minimum absolute atomic E-state index is 0.0101. The molecule has 5 nitrogen and oxygen atoms in total. The van der Waals surface area contributed by atoms with E-state index in [4.69, 9.17) is 0 Å². The molecule has 0 atom stereocenters. The van der Waals surface area contributed by atoms with Crippen LogP contribution in [0.2, 0.25) is 0 Å². The Balaban J connectivity index is 1.94. The average Bonchev–Trinajstić information content (AvgIpc) is 2.90. The lowest BCUT2D eigenvalue weighted by Crippen LogP contribution is -2.13. The van der Waals surface area contributed by atoms with Gasteiger partial charge in [0, 0.05) is 27.8 Å². The first-order valence-electron chi connectivity index (χ1n) is 7.38. The Kier molecular flexibility index (Phi) is 4.04. The number of nitriles is 1. The third kappa shape index (κ3) is 2.99. The summed E-state index contributed by atoms with van der Waals surface area (Å²) in [6.07, 6.45) is 1.59. The van der Waals surface area contributed by atoms with Crippen LogP contribution in [-0.4, -0.2) is 16.0 Å². The highest BCUT2D eigenvalue weighted by Gasteiger charge is 2.13. The first-order valence-corrected chi connectivity index (χ1v) is 7.38. The summed E-state index contributed by atoms with van der Waals surface area (Å²) >= 11 is 0. The van der Waals surface area contributed by atoms with Crippen molar-refractivity contribution in [2.45, 2.75) is 6.92 Å². The lowest BCUT2D eigenvalue weighted by molar-refractivity contribution is -0.112. The minimum atomic E-state index is -0.493. The van der Waals surface area contributed by atoms with Crippen LogP contribution in [0.5, 0.6) is 5.75 Å². The predicted octanol–water partition coefficient (Wildman–Crippen LogP) is 3.73. The van der Waals surface area contributed by atoms with E-state index in [9.17, 15) is 15.2 Å². The summed E-state index contributed by atoms with van der Waals surface area (Å²) in [4.78, 5) is 15.6. The number of hydrogen-bond donors (Lipinski definition) is 3. The van der Waals surface area contributed by atoms with Gasteiger partial charge in [-0.25, -0.2) is 0 Å². The molecular weight excluding hydrogens is 302 g/mol. The Morgan fingerprint density at radius 1 is 1.21 bits per heavy atom. The summed E-state index contributed by atoms with van der Waals surface area (Å²) in [6.45, 7) is 1.90. The second kappa shape index (κ2) is 6.31. The SMILES string of the molecule is Cc1[nH]c2ccccc2c1C=C(C#N)C(=O)Nc1ccc(O)cc1. The Hall–Kier alpha value is -3.52. The fourth-order valence-corrected chi connectivity index (χ4v) is 2.52. The van der Waals surface area contributed by atoms with Crippen molar-refractivity contribution in [1.29, 1.82) is 5.26 Å². The molecule has 0 aliphatic rings. The molecular formula is C19H15N3O2. The van der Waals surface area contributed by atoms with Crippen LogP contribution in [0.3, 0.4) is 0 Å². The average molecular weight is 317 g/mol. The van der Waals surface area contributed by atoms with E-state index in [0.29, 0.717) is 5.69 Å². The van der Waals surface area contributed by atoms with Crippen molar-refractivity contribution in [2.75, 3.05) is 5.32 Å². The molecule has 3 rings (SSSR count). The smallest absolute Gasteiger partial charge is 0.266 e. The molecule has 3 N–H and O–H groups in total. The molecule has 0 aliphatic heterocycles. The molecule has 118 valence electrons. The molecule has 0 spiro atoms. The molecule has 1 heterocycles. The molecule has 0 saturated carbocycles. The maximum atomic E-state index is 12.3. The number of hydrogen-bond acceptors (Lipinski definition) is 3. The van der Waals surface area contributed by atoms with Gasteiger partial charge in [0.05, 0.1) is 0 Å². The molecule has 1 amide bonds. The van der Waals surface area contributed by atoms with E-state index in [1.165, 1.54) is 12.1 Å². The standard InChI is InChI=1S/C19H15N3O2/c1-12-17(16-4-2-3-5-18(16)21-12)10-13(11-20)19(24)22-14-6-8-15(23)9-7-14/h2-10,21,23H,1H3,(H,22,24). The highest BCUT2D eigenvalue weighted by Crippen LogP contribution is 2.24. The van der Waals surface area contributed by atoms with Crippen LogP contribution in [0.15, 0.2) is 54.1 Å². The van der Waals surface area contributed by atoms with Crippen LogP contribution >= 0.6 is 0 Å². The van der Waals surface area contributed by atoms with Gasteiger partial charge in [-0.3, -0.25) is 4.79 Å². The number of amides is 1. The Morgan fingerprint density at radius 3 is 2.62 bits per heavy atom. The molecule has 0 radical (unpaired) electrons. The van der Waals surface area contributed by atoms with Crippen molar-refractivity contribution >= 4 is 28.6 Å². The lowest BCUT2D eigenvalue weighted by atomic mass is 10.1. The molecule has 2 aromatic carbocycles. The van der Waals surface area contributed by atoms with Crippen molar-refractivity contribution in [1.82, 2.24) is 4.98 Å². The molecule has 0 bridgehead atoms. The van der Waals surface area contributed by atoms with E-state index >= 15 is 0 Å². The maximum Gasteiger partial charge on any atom is 0.266 e. The number of anilines is 1. The van der Waals surface area contributed by atoms with E-state index in [0.717, 1.165) is 22.2 Å². The van der Waals surface area contributed by atoms with Gasteiger partial charge < -0.3 is 15.4 Å². The molecule has 0 fully saturated rings. The van der Waals surface area contributed by atoms with Crippen molar-refractivity contribution < 1.29 is 9.90 Å². The Bertz CT molecular complexity index is 976. The Labute approximate surface area is 138 Å². The van der Waals surface area contributed by atoms with Gasteiger partial charge in [-0.05, 0) is 43.3 Å². The molecule has 3 aromatic rings. The molecule has 0 aliphatic carbocycles. The maximum absolute atomic E-state index is 12.3. The number of rotatable bonds is 3. The number of aromatic hydroxyl groups is 1. The van der Waals surface area contributed by atoms with Crippen LogP contribution in [0.1, 0.15) is 11.3 Å². The number of fused-ring (bicyclic) bond motifs is 1. The molecule has 5 heteroatoms. The first kappa shape index (κ1) is 15.4. The fourth-order valence-electron chi connectivity index (χ4n) is 2.52. The van der Waals surface area contributed by atoms with Crippen LogP contribution in [0, 0.1) is 18.3 Å². The highest BCUT2D eigenvalue weighted by molar-refractivity contribution is 6.11. The second-order valence-electron chi connectivity index (χ2n) is 5.38. The van der Waals surface area contributed by atoms with E-state index in [2.05, 4.69) is 10.3 Å². The van der Waals surface area contributed by atoms with Crippen LogP contribution in [0.4, 0.5) is 5.69 Å². The number of carbonyl (C=O) groups excluding carboxylic acids is 1. The van der Waals surface area contributed by atoms with Crippen LogP contribution in [0.25, 0.3) is 17.0 Å². The van der Waals surface area contributed by atoms with Gasteiger partial charge in [0.2, 0.25) is 0 Å². The van der Waals surface area contributed by atoms with Crippen molar-refractivity contribution in [3.8, 4) is 11.8 Å². The highest BCUT2D eigenvalue weighted by atomic mass is 16.3. The number of carbonyl (C=O) groups is 1. The van der Waals surface area contributed by atoms with Crippen molar-refractivity contribution in [3.63, 3.8) is 0 Å². The zero-order valence-corrected chi connectivity index (χ0v) is 13.0. The van der Waals surface area contributed by atoms with Gasteiger partial charge >= 0.3 is 0 Å². The normalized spacial score (nSPS) is 11.2. The number of phenolic OH excluding ortho intramolecular Hbond substituents is 1. The third-order valence-electron chi connectivity index (χ3n) is 3.72. The summed E-state index contributed by atoms with van der Waals surface area (Å²) in [5.41, 5.74) is 3.19. The van der Waals surface area contributed by atoms with Gasteiger partial charge in [-0.1, -0.05) is 18.2 Å². The zero-order valence-electron chi connectivity index (χ0n) is 13.0. The minimum Gasteiger partial charge on any atom is -0.508 e. The number of aromatic amines is 1. The number of benzene rings is 2. The fraction of sp³-hybridized carbons (Fsp3) is 0.0526. The lowest BCUT2D eigenvalue weighted by Gasteiger charge is -2.04. The van der Waals surface area contributed by atoms with Gasteiger partial charge in [0.1, 0.15) is 17.4 Å². The predicted molar refractivity (Wildman–Crippen MR) is 93.4 cm³/mol. The van der Waals surface area contributed by atoms with Gasteiger partial charge in [0.15, 0.2) is 0 Å².